The molecule has 2 aliphatic heterocycles. The van der Waals surface area contributed by atoms with Gasteiger partial charge in [0.2, 0.25) is 0 Å². The predicted octanol–water partition coefficient (Wildman–Crippen LogP) is 3.40. The molecule has 2 amide bonds. The third kappa shape index (κ3) is 3.66. The van der Waals surface area contributed by atoms with E-state index in [0.29, 0.717) is 40.6 Å². The van der Waals surface area contributed by atoms with Crippen LogP contribution in [-0.4, -0.2) is 54.3 Å². The van der Waals surface area contributed by atoms with Gasteiger partial charge in [-0.25, -0.2) is 9.29 Å². The van der Waals surface area contributed by atoms with Gasteiger partial charge < -0.3 is 9.80 Å². The van der Waals surface area contributed by atoms with Crippen molar-refractivity contribution in [2.24, 2.45) is 0 Å². The molecule has 0 saturated carbocycles. The SMILES string of the molecule is CCN1CCN(C2=C(c3ccc(Cl)cc3)C(=O)N(c3ccc(F)cc3)C2=O)CC1. The van der Waals surface area contributed by atoms with Crippen LogP contribution in [0.15, 0.2) is 54.2 Å². The van der Waals surface area contributed by atoms with Crippen LogP contribution < -0.4 is 4.90 Å². The van der Waals surface area contributed by atoms with Crippen LogP contribution in [0, 0.1) is 5.82 Å². The zero-order valence-electron chi connectivity index (χ0n) is 16.1. The molecular formula is C22H21ClFN3O2. The van der Waals surface area contributed by atoms with Crippen LogP contribution in [0.3, 0.4) is 0 Å². The van der Waals surface area contributed by atoms with Gasteiger partial charge in [-0.3, -0.25) is 9.59 Å². The molecule has 1 fully saturated rings. The number of imide groups is 1. The van der Waals surface area contributed by atoms with Crippen molar-refractivity contribution in [3.8, 4) is 0 Å². The quantitative estimate of drug-likeness (QED) is 0.720. The van der Waals surface area contributed by atoms with Crippen molar-refractivity contribution in [1.82, 2.24) is 9.80 Å². The van der Waals surface area contributed by atoms with Crippen molar-refractivity contribution in [2.45, 2.75) is 6.92 Å². The van der Waals surface area contributed by atoms with Crippen LogP contribution in [0.5, 0.6) is 0 Å². The van der Waals surface area contributed by atoms with E-state index >= 15 is 0 Å². The summed E-state index contributed by atoms with van der Waals surface area (Å²) in [5, 5.41) is 0.555. The fraction of sp³-hybridized carbons (Fsp3) is 0.273. The van der Waals surface area contributed by atoms with Gasteiger partial charge in [-0.15, -0.1) is 0 Å². The number of carbonyl (C=O) groups is 2. The van der Waals surface area contributed by atoms with Gasteiger partial charge in [0.05, 0.1) is 11.3 Å². The Morgan fingerprint density at radius 3 is 2.10 bits per heavy atom. The molecule has 1 saturated heterocycles. The fourth-order valence-electron chi connectivity index (χ4n) is 3.80. The first-order valence-corrected chi connectivity index (χ1v) is 9.99. The Kier molecular flexibility index (Phi) is 5.39. The minimum Gasteiger partial charge on any atom is -0.364 e. The second-order valence-corrected chi connectivity index (χ2v) is 7.51. The number of amides is 2. The molecular weight excluding hydrogens is 393 g/mol. The summed E-state index contributed by atoms with van der Waals surface area (Å²) in [6, 6.07) is 12.3. The van der Waals surface area contributed by atoms with Gasteiger partial charge in [-0.05, 0) is 48.5 Å². The molecule has 0 N–H and O–H groups in total. The third-order valence-electron chi connectivity index (χ3n) is 5.41. The summed E-state index contributed by atoms with van der Waals surface area (Å²) in [7, 11) is 0. The van der Waals surface area contributed by atoms with Gasteiger partial charge in [0.25, 0.3) is 11.8 Å². The average molecular weight is 414 g/mol. The predicted molar refractivity (Wildman–Crippen MR) is 111 cm³/mol. The van der Waals surface area contributed by atoms with Crippen molar-refractivity contribution >= 4 is 34.7 Å². The Balaban J connectivity index is 1.76. The lowest BCUT2D eigenvalue weighted by atomic mass is 10.0. The summed E-state index contributed by atoms with van der Waals surface area (Å²) >= 11 is 6.01. The lowest BCUT2D eigenvalue weighted by Gasteiger charge is -2.36. The third-order valence-corrected chi connectivity index (χ3v) is 5.66. The molecule has 2 aromatic rings. The second-order valence-electron chi connectivity index (χ2n) is 7.07. The van der Waals surface area contributed by atoms with E-state index in [-0.39, 0.29) is 5.91 Å². The van der Waals surface area contributed by atoms with E-state index in [2.05, 4.69) is 11.8 Å². The zero-order valence-corrected chi connectivity index (χ0v) is 16.8. The summed E-state index contributed by atoms with van der Waals surface area (Å²) < 4.78 is 13.4. The Labute approximate surface area is 174 Å². The van der Waals surface area contributed by atoms with Crippen molar-refractivity contribution in [3.63, 3.8) is 0 Å². The summed E-state index contributed by atoms with van der Waals surface area (Å²) in [6.07, 6.45) is 0. The standard InChI is InChI=1S/C22H21ClFN3O2/c1-2-25-11-13-26(14-12-25)20-19(15-3-5-16(23)6-4-15)21(28)27(22(20)29)18-9-7-17(24)8-10-18/h3-10H,2,11-14H2,1H3. The summed E-state index contributed by atoms with van der Waals surface area (Å²) in [5.74, 6) is -1.21. The van der Waals surface area contributed by atoms with E-state index in [9.17, 15) is 14.0 Å². The van der Waals surface area contributed by atoms with E-state index in [1.54, 1.807) is 24.3 Å². The van der Waals surface area contributed by atoms with Gasteiger partial charge in [-0.1, -0.05) is 30.7 Å². The Morgan fingerprint density at radius 1 is 0.897 bits per heavy atom. The van der Waals surface area contributed by atoms with E-state index in [1.807, 2.05) is 4.90 Å². The molecule has 0 bridgehead atoms. The highest BCUT2D eigenvalue weighted by atomic mass is 35.5. The van der Waals surface area contributed by atoms with Gasteiger partial charge in [0.1, 0.15) is 11.5 Å². The number of benzene rings is 2. The van der Waals surface area contributed by atoms with Crippen molar-refractivity contribution < 1.29 is 14.0 Å². The summed E-state index contributed by atoms with van der Waals surface area (Å²) in [6.45, 7) is 6.03. The minimum absolute atomic E-state index is 0.357. The Bertz CT molecular complexity index is 965. The van der Waals surface area contributed by atoms with E-state index in [1.165, 1.54) is 24.3 Å². The normalized spacial score (nSPS) is 18.2. The maximum absolute atomic E-state index is 13.4. The molecule has 5 nitrogen and oxygen atoms in total. The summed E-state index contributed by atoms with van der Waals surface area (Å²) in [4.78, 5) is 32.1. The first kappa shape index (κ1) is 19.6. The molecule has 2 aliphatic rings. The lowest BCUT2D eigenvalue weighted by Crippen LogP contribution is -2.47. The highest BCUT2D eigenvalue weighted by Gasteiger charge is 2.42. The highest BCUT2D eigenvalue weighted by Crippen LogP contribution is 2.35. The monoisotopic (exact) mass is 413 g/mol. The number of piperazine rings is 1. The van der Waals surface area contributed by atoms with Crippen molar-refractivity contribution in [3.05, 3.63) is 70.6 Å². The van der Waals surface area contributed by atoms with E-state index < -0.39 is 11.7 Å². The molecule has 7 heteroatoms. The van der Waals surface area contributed by atoms with Crippen LogP contribution in [-0.2, 0) is 9.59 Å². The average Bonchev–Trinajstić information content (AvgIpc) is 3.00. The van der Waals surface area contributed by atoms with Gasteiger partial charge in [0.15, 0.2) is 0 Å². The number of anilines is 1. The number of hydrogen-bond donors (Lipinski definition) is 0. The number of nitrogens with zero attached hydrogens (tertiary/aromatic N) is 3. The largest absolute Gasteiger partial charge is 0.364 e. The first-order valence-electron chi connectivity index (χ1n) is 9.61. The van der Waals surface area contributed by atoms with E-state index in [4.69, 9.17) is 11.6 Å². The van der Waals surface area contributed by atoms with Crippen LogP contribution in [0.4, 0.5) is 10.1 Å². The molecule has 0 atom stereocenters. The number of rotatable bonds is 4. The molecule has 0 unspecified atom stereocenters. The smallest absolute Gasteiger partial charge is 0.282 e. The first-order chi connectivity index (χ1) is 14.0. The van der Waals surface area contributed by atoms with E-state index in [0.717, 1.165) is 24.5 Å². The summed E-state index contributed by atoms with van der Waals surface area (Å²) in [5.41, 5.74) is 1.76. The number of hydrogen-bond acceptors (Lipinski definition) is 4. The maximum atomic E-state index is 13.4. The molecule has 0 radical (unpaired) electrons. The molecule has 2 aromatic carbocycles. The lowest BCUT2D eigenvalue weighted by molar-refractivity contribution is -0.120. The number of carbonyl (C=O) groups excluding carboxylic acids is 2. The molecule has 150 valence electrons. The fourth-order valence-corrected chi connectivity index (χ4v) is 3.93. The van der Waals surface area contributed by atoms with Crippen molar-refractivity contribution in [2.75, 3.05) is 37.6 Å². The Morgan fingerprint density at radius 2 is 1.52 bits per heavy atom. The molecule has 29 heavy (non-hydrogen) atoms. The molecule has 2 heterocycles. The molecule has 4 rings (SSSR count). The molecule has 0 aromatic heterocycles. The minimum atomic E-state index is -0.422. The number of halogens is 2. The van der Waals surface area contributed by atoms with Crippen LogP contribution in [0.25, 0.3) is 5.57 Å². The second kappa shape index (κ2) is 7.97. The van der Waals surface area contributed by atoms with Gasteiger partial charge in [0, 0.05) is 31.2 Å². The van der Waals surface area contributed by atoms with Crippen LogP contribution >= 0.6 is 11.6 Å². The molecule has 0 aliphatic carbocycles. The topological polar surface area (TPSA) is 43.9 Å². The number of likely N-dealkylation sites (N-methyl/N-ethyl adjacent to an activating group) is 1. The highest BCUT2D eigenvalue weighted by molar-refractivity contribution is 6.45. The maximum Gasteiger partial charge on any atom is 0.282 e. The van der Waals surface area contributed by atoms with Crippen molar-refractivity contribution in [1.29, 1.82) is 0 Å². The Hall–Kier alpha value is -2.70. The van der Waals surface area contributed by atoms with Crippen LogP contribution in [0.2, 0.25) is 5.02 Å². The zero-order chi connectivity index (χ0) is 20.5. The van der Waals surface area contributed by atoms with Crippen LogP contribution in [0.1, 0.15) is 12.5 Å². The van der Waals surface area contributed by atoms with Gasteiger partial charge >= 0.3 is 0 Å². The molecule has 0 spiro atoms. The van der Waals surface area contributed by atoms with Gasteiger partial charge in [-0.2, -0.15) is 0 Å².